The molecule has 1 N–H and O–H groups in total. The average Bonchev–Trinajstić information content (AvgIpc) is 1.97. The monoisotopic (exact) mass is 204 g/mol. The van der Waals surface area contributed by atoms with Crippen LogP contribution in [0.1, 0.15) is 0 Å². The molecule has 0 aromatic rings. The van der Waals surface area contributed by atoms with Crippen LogP contribution in [0.2, 0.25) is 0 Å². The topological polar surface area (TPSA) is 87.0 Å². The van der Waals surface area contributed by atoms with Crippen molar-refractivity contribution in [2.75, 3.05) is 0 Å². The number of β-lactam (4-membered cyclic amide) rings is 1. The molecule has 1 saturated heterocycles. The maximum atomic E-state index is 11.0. The van der Waals surface area contributed by atoms with Crippen LogP contribution in [0.5, 0.6) is 0 Å². The van der Waals surface area contributed by atoms with E-state index in [1.165, 1.54) is 6.08 Å². The van der Waals surface area contributed by atoms with Crippen molar-refractivity contribution in [1.29, 1.82) is 0 Å². The van der Waals surface area contributed by atoms with Crippen LogP contribution in [-0.4, -0.2) is 42.0 Å². The number of carbonyl (C=O) groups excluding carboxylic acids is 1. The molecule has 0 radical (unpaired) electrons. The van der Waals surface area contributed by atoms with Gasteiger partial charge in [-0.25, -0.2) is 4.31 Å². The molecule has 13 heavy (non-hydrogen) atoms. The summed E-state index contributed by atoms with van der Waals surface area (Å²) in [7, 11) is -4.49. The van der Waals surface area contributed by atoms with Gasteiger partial charge in [-0.1, -0.05) is 6.08 Å². The Hall–Kier alpha value is -1.21. The van der Waals surface area contributed by atoms with Crippen molar-refractivity contribution in [3.05, 3.63) is 12.7 Å². The first-order valence-electron chi connectivity index (χ1n) is 3.32. The Morgan fingerprint density at radius 2 is 2.15 bits per heavy atom. The second kappa shape index (κ2) is 2.93. The Morgan fingerprint density at radius 1 is 1.62 bits per heavy atom. The minimum absolute atomic E-state index is 0.319. The molecule has 1 amide bonds. The summed E-state index contributed by atoms with van der Waals surface area (Å²) in [4.78, 5) is 14.4. The molecule has 1 heterocycles. The fraction of sp³-hybridized carbons (Fsp3) is 0.333. The highest BCUT2D eigenvalue weighted by Crippen LogP contribution is 2.26. The van der Waals surface area contributed by atoms with Crippen LogP contribution in [0.25, 0.3) is 0 Å². The Kier molecular flexibility index (Phi) is 2.22. The molecular formula is C6H8N2O4S. The van der Waals surface area contributed by atoms with Gasteiger partial charge in [-0.2, -0.15) is 8.42 Å². The molecule has 0 unspecified atom stereocenters. The number of hydrogen-bond donors (Lipinski definition) is 1. The van der Waals surface area contributed by atoms with Crippen molar-refractivity contribution in [3.8, 4) is 0 Å². The zero-order valence-electron chi connectivity index (χ0n) is 6.62. The zero-order valence-corrected chi connectivity index (χ0v) is 7.44. The van der Waals surface area contributed by atoms with Gasteiger partial charge in [0.2, 0.25) is 0 Å². The number of hydrogen-bond acceptors (Lipinski definition) is 4. The van der Waals surface area contributed by atoms with Crippen LogP contribution in [-0.2, 0) is 15.1 Å². The third-order valence-corrected chi connectivity index (χ3v) is 2.67. The highest BCUT2D eigenvalue weighted by Gasteiger charge is 2.51. The summed E-state index contributed by atoms with van der Waals surface area (Å²) < 4.78 is 30.1. The van der Waals surface area contributed by atoms with Gasteiger partial charge in [0.25, 0.3) is 5.91 Å². The molecule has 6 nitrogen and oxygen atoms in total. The number of carbonyl (C=O) groups is 1. The zero-order chi connectivity index (χ0) is 10.2. The molecule has 1 aliphatic heterocycles. The van der Waals surface area contributed by atoms with Crippen LogP contribution in [0.3, 0.4) is 0 Å². The van der Waals surface area contributed by atoms with Gasteiger partial charge in [0.1, 0.15) is 0 Å². The van der Waals surface area contributed by atoms with Gasteiger partial charge in [0.05, 0.1) is 6.04 Å². The molecule has 1 aliphatic rings. The first-order valence-corrected chi connectivity index (χ1v) is 4.72. The van der Waals surface area contributed by atoms with Gasteiger partial charge in [-0.3, -0.25) is 14.3 Å². The summed E-state index contributed by atoms with van der Waals surface area (Å²) in [6.45, 7) is 6.45. The van der Waals surface area contributed by atoms with E-state index in [4.69, 9.17) is 4.55 Å². The second-order valence-corrected chi connectivity index (χ2v) is 3.75. The normalized spacial score (nSPS) is 28.1. The lowest BCUT2D eigenvalue weighted by Crippen LogP contribution is -2.64. The van der Waals surface area contributed by atoms with Gasteiger partial charge in [-0.05, 0) is 6.72 Å². The lowest BCUT2D eigenvalue weighted by atomic mass is 10.0. The fourth-order valence-electron chi connectivity index (χ4n) is 1.15. The first kappa shape index (κ1) is 9.87. The van der Waals surface area contributed by atoms with E-state index in [9.17, 15) is 13.2 Å². The molecule has 1 rings (SSSR count). The Bertz CT molecular complexity index is 361. The quantitative estimate of drug-likeness (QED) is 0.284. The number of aliphatic imine (C=N–C) groups is 1. The van der Waals surface area contributed by atoms with E-state index in [2.05, 4.69) is 18.3 Å². The van der Waals surface area contributed by atoms with Gasteiger partial charge in [-0.15, -0.1) is 6.58 Å². The van der Waals surface area contributed by atoms with Gasteiger partial charge in [0.15, 0.2) is 6.04 Å². The Morgan fingerprint density at radius 3 is 2.46 bits per heavy atom. The average molecular weight is 204 g/mol. The predicted molar refractivity (Wildman–Crippen MR) is 45.7 cm³/mol. The van der Waals surface area contributed by atoms with E-state index in [1.807, 2.05) is 0 Å². The van der Waals surface area contributed by atoms with Crippen LogP contribution < -0.4 is 0 Å². The van der Waals surface area contributed by atoms with Gasteiger partial charge < -0.3 is 0 Å². The van der Waals surface area contributed by atoms with Crippen molar-refractivity contribution in [2.45, 2.75) is 12.1 Å². The molecule has 0 bridgehead atoms. The van der Waals surface area contributed by atoms with Crippen molar-refractivity contribution in [3.63, 3.8) is 0 Å². The van der Waals surface area contributed by atoms with Crippen LogP contribution in [0.15, 0.2) is 17.6 Å². The standard InChI is InChI=1S/C6H8N2O4S/c1-3-4-5(7-2)6(9)8(4)13(10,11)12/h3-5H,1-2H2,(H,10,11,12)/t4-,5-/m0/s1. The van der Waals surface area contributed by atoms with Crippen molar-refractivity contribution < 1.29 is 17.8 Å². The molecule has 2 atom stereocenters. The summed E-state index contributed by atoms with van der Waals surface area (Å²) >= 11 is 0. The van der Waals surface area contributed by atoms with E-state index in [0.29, 0.717) is 4.31 Å². The predicted octanol–water partition coefficient (Wildman–Crippen LogP) is -0.745. The maximum absolute atomic E-state index is 11.0. The lowest BCUT2D eigenvalue weighted by Gasteiger charge is -2.39. The van der Waals surface area contributed by atoms with Crippen molar-refractivity contribution >= 4 is 22.9 Å². The molecule has 0 aromatic heterocycles. The van der Waals surface area contributed by atoms with Gasteiger partial charge in [0, 0.05) is 0 Å². The minimum atomic E-state index is -4.49. The smallest absolute Gasteiger partial charge is 0.285 e. The molecule has 1 fully saturated rings. The van der Waals surface area contributed by atoms with E-state index in [-0.39, 0.29) is 0 Å². The third kappa shape index (κ3) is 1.36. The summed E-state index contributed by atoms with van der Waals surface area (Å²) in [5.74, 6) is -0.789. The van der Waals surface area contributed by atoms with E-state index < -0.39 is 28.3 Å². The van der Waals surface area contributed by atoms with Crippen molar-refractivity contribution in [1.82, 2.24) is 4.31 Å². The minimum Gasteiger partial charge on any atom is -0.285 e. The molecule has 0 spiro atoms. The molecule has 7 heteroatoms. The highest BCUT2D eigenvalue weighted by atomic mass is 32.2. The number of nitrogens with zero attached hydrogens (tertiary/aromatic N) is 2. The van der Waals surface area contributed by atoms with Crippen LogP contribution in [0.4, 0.5) is 0 Å². The SMILES string of the molecule is C=C[C@H]1[C@H](N=C)C(=O)N1S(=O)(=O)O. The lowest BCUT2D eigenvalue weighted by molar-refractivity contribution is -0.138. The summed E-state index contributed by atoms with van der Waals surface area (Å²) in [5, 5.41) is 0. The largest absolute Gasteiger partial charge is 0.362 e. The molecule has 0 saturated carbocycles. The molecular weight excluding hydrogens is 196 g/mol. The third-order valence-electron chi connectivity index (χ3n) is 1.75. The molecule has 72 valence electrons. The van der Waals surface area contributed by atoms with E-state index in [0.717, 1.165) is 0 Å². The second-order valence-electron chi connectivity index (χ2n) is 2.47. The Balaban J connectivity index is 2.99. The molecule has 0 aliphatic carbocycles. The summed E-state index contributed by atoms with van der Waals surface area (Å²) in [6, 6.07) is -1.67. The fourth-order valence-corrected chi connectivity index (χ4v) is 1.99. The number of amides is 1. The van der Waals surface area contributed by atoms with Crippen LogP contribution >= 0.6 is 0 Å². The van der Waals surface area contributed by atoms with Gasteiger partial charge >= 0.3 is 10.3 Å². The van der Waals surface area contributed by atoms with E-state index >= 15 is 0 Å². The number of rotatable bonds is 3. The Labute approximate surface area is 75.4 Å². The summed E-state index contributed by atoms with van der Waals surface area (Å²) in [6.07, 6.45) is 1.22. The maximum Gasteiger partial charge on any atom is 0.362 e. The van der Waals surface area contributed by atoms with Crippen molar-refractivity contribution in [2.24, 2.45) is 4.99 Å². The first-order chi connectivity index (χ1) is 5.93. The molecule has 0 aromatic carbocycles. The summed E-state index contributed by atoms with van der Waals surface area (Å²) in [5.41, 5.74) is 0. The highest BCUT2D eigenvalue weighted by molar-refractivity contribution is 7.84. The van der Waals surface area contributed by atoms with Crippen LogP contribution in [0, 0.1) is 0 Å². The van der Waals surface area contributed by atoms with E-state index in [1.54, 1.807) is 0 Å².